The molecule has 1 aromatic carbocycles. The third kappa shape index (κ3) is 4.23. The molecule has 1 atom stereocenters. The fourth-order valence-electron chi connectivity index (χ4n) is 4.51. The third-order valence-electron chi connectivity index (χ3n) is 6.47. The van der Waals surface area contributed by atoms with E-state index in [1.807, 2.05) is 0 Å². The van der Waals surface area contributed by atoms with Gasteiger partial charge in [-0.15, -0.1) is 0 Å². The molecule has 0 bridgehead atoms. The van der Waals surface area contributed by atoms with Crippen LogP contribution < -0.4 is 21.5 Å². The van der Waals surface area contributed by atoms with Gasteiger partial charge in [-0.1, -0.05) is 31.4 Å². The van der Waals surface area contributed by atoms with Crippen molar-refractivity contribution in [2.45, 2.75) is 38.6 Å². The highest BCUT2D eigenvalue weighted by Gasteiger charge is 2.40. The van der Waals surface area contributed by atoms with Gasteiger partial charge in [0.05, 0.1) is 17.4 Å². The number of amides is 1. The minimum Gasteiger partial charge on any atom is -0.504 e. The summed E-state index contributed by atoms with van der Waals surface area (Å²) >= 11 is 6.22. The highest BCUT2D eigenvalue weighted by molar-refractivity contribution is 6.30. The standard InChI is InChI=1S/C24H26ClN5O4/c1-24(8-4-5-9-24)22(15-12-13(25)6-10-26-15)29-17-16(20(32)21(17)33)28-14-7-11-27-18(19(14)31)23(34)30(2)3/h6-7,10-12,22,29,31H,4-5,8-9H2,1-3H3,(H,27,28)/t22-/m0/s1. The summed E-state index contributed by atoms with van der Waals surface area (Å²) in [5.41, 5.74) is -0.824. The molecule has 1 aliphatic carbocycles. The number of pyridine rings is 2. The fraction of sp³-hybridized carbons (Fsp3) is 0.375. The van der Waals surface area contributed by atoms with Crippen LogP contribution in [-0.2, 0) is 0 Å². The van der Waals surface area contributed by atoms with E-state index in [0.29, 0.717) is 10.7 Å². The van der Waals surface area contributed by atoms with Gasteiger partial charge in [0.2, 0.25) is 0 Å². The number of carbonyl (C=O) groups is 1. The van der Waals surface area contributed by atoms with Crippen molar-refractivity contribution in [1.29, 1.82) is 0 Å². The zero-order valence-electron chi connectivity index (χ0n) is 19.2. The van der Waals surface area contributed by atoms with Gasteiger partial charge in [-0.3, -0.25) is 19.4 Å². The van der Waals surface area contributed by atoms with Crippen molar-refractivity contribution in [3.63, 3.8) is 0 Å². The van der Waals surface area contributed by atoms with Crippen LogP contribution in [0.25, 0.3) is 0 Å². The lowest BCUT2D eigenvalue weighted by Crippen LogP contribution is -2.40. The number of aromatic hydroxyl groups is 1. The fourth-order valence-corrected chi connectivity index (χ4v) is 4.67. The Bertz CT molecular complexity index is 1310. The van der Waals surface area contributed by atoms with Crippen molar-refractivity contribution in [2.75, 3.05) is 24.7 Å². The molecule has 1 fully saturated rings. The first-order chi connectivity index (χ1) is 16.1. The Morgan fingerprint density at radius 2 is 1.76 bits per heavy atom. The number of carbonyl (C=O) groups excluding carboxylic acids is 1. The minimum atomic E-state index is -0.714. The number of hydrogen-bond donors (Lipinski definition) is 3. The molecule has 1 aliphatic rings. The van der Waals surface area contributed by atoms with E-state index in [1.165, 1.54) is 31.3 Å². The summed E-state index contributed by atoms with van der Waals surface area (Å²) in [6.07, 6.45) is 6.93. The first kappa shape index (κ1) is 23.7. The number of nitrogens with one attached hydrogen (secondary N) is 2. The molecule has 3 aromatic rings. The number of rotatable bonds is 7. The number of anilines is 3. The number of nitrogens with zero attached hydrogens (tertiary/aromatic N) is 3. The Balaban J connectivity index is 1.69. The van der Waals surface area contributed by atoms with Gasteiger partial charge in [0, 0.05) is 31.5 Å². The maximum Gasteiger partial charge on any atom is 0.275 e. The summed E-state index contributed by atoms with van der Waals surface area (Å²) in [6.45, 7) is 2.13. The van der Waals surface area contributed by atoms with Gasteiger partial charge in [-0.25, -0.2) is 4.98 Å². The molecule has 1 amide bonds. The van der Waals surface area contributed by atoms with E-state index in [0.717, 1.165) is 25.7 Å². The first-order valence-electron chi connectivity index (χ1n) is 11.0. The summed E-state index contributed by atoms with van der Waals surface area (Å²) in [6, 6.07) is 4.52. The molecule has 0 unspecified atom stereocenters. The van der Waals surface area contributed by atoms with Crippen molar-refractivity contribution in [3.05, 3.63) is 67.4 Å². The van der Waals surface area contributed by atoms with Crippen molar-refractivity contribution in [3.8, 4) is 5.75 Å². The third-order valence-corrected chi connectivity index (χ3v) is 6.71. The topological polar surface area (TPSA) is 125 Å². The summed E-state index contributed by atoms with van der Waals surface area (Å²) in [4.78, 5) is 47.0. The molecule has 34 heavy (non-hydrogen) atoms. The van der Waals surface area contributed by atoms with Crippen molar-refractivity contribution in [2.24, 2.45) is 5.41 Å². The predicted octanol–water partition coefficient (Wildman–Crippen LogP) is 3.61. The molecular weight excluding hydrogens is 458 g/mol. The van der Waals surface area contributed by atoms with E-state index in [2.05, 4.69) is 27.5 Å². The van der Waals surface area contributed by atoms with Gasteiger partial charge in [0.15, 0.2) is 11.4 Å². The van der Waals surface area contributed by atoms with E-state index in [-0.39, 0.29) is 34.2 Å². The van der Waals surface area contributed by atoms with Crippen LogP contribution >= 0.6 is 11.6 Å². The van der Waals surface area contributed by atoms with E-state index in [4.69, 9.17) is 11.6 Å². The van der Waals surface area contributed by atoms with Crippen LogP contribution in [0.5, 0.6) is 5.75 Å². The summed E-state index contributed by atoms with van der Waals surface area (Å²) in [5, 5.41) is 17.2. The van der Waals surface area contributed by atoms with Crippen LogP contribution in [-0.4, -0.2) is 40.0 Å². The average Bonchev–Trinajstić information content (AvgIpc) is 3.25. The lowest BCUT2D eigenvalue weighted by Gasteiger charge is -2.35. The van der Waals surface area contributed by atoms with Gasteiger partial charge in [-0.2, -0.15) is 0 Å². The second-order valence-corrected chi connectivity index (χ2v) is 9.56. The first-order valence-corrected chi connectivity index (χ1v) is 11.4. The van der Waals surface area contributed by atoms with Gasteiger partial charge in [-0.05, 0) is 36.5 Å². The molecule has 2 aromatic heterocycles. The second kappa shape index (κ2) is 9.06. The van der Waals surface area contributed by atoms with Crippen LogP contribution in [0.1, 0.15) is 54.8 Å². The number of halogens is 1. The van der Waals surface area contributed by atoms with E-state index >= 15 is 0 Å². The van der Waals surface area contributed by atoms with Crippen molar-refractivity contribution >= 4 is 34.6 Å². The van der Waals surface area contributed by atoms with Crippen LogP contribution in [0, 0.1) is 5.41 Å². The molecule has 2 heterocycles. The maximum absolute atomic E-state index is 12.6. The SMILES string of the molecule is CN(C)C(=O)c1nccc(Nc2c(N[C@@H](c3cc(Cl)ccn3)C3(C)CCCC3)c(=O)c2=O)c1O. The summed E-state index contributed by atoms with van der Waals surface area (Å²) < 4.78 is 0. The van der Waals surface area contributed by atoms with Crippen LogP contribution in [0.3, 0.4) is 0 Å². The van der Waals surface area contributed by atoms with Gasteiger partial charge in [0.25, 0.3) is 16.8 Å². The summed E-state index contributed by atoms with van der Waals surface area (Å²) in [5.74, 6) is -0.901. The minimum absolute atomic E-state index is 0.0170. The van der Waals surface area contributed by atoms with Gasteiger partial charge in [0.1, 0.15) is 11.4 Å². The molecule has 10 heteroatoms. The zero-order chi connectivity index (χ0) is 24.6. The Morgan fingerprint density at radius 3 is 2.41 bits per heavy atom. The predicted molar refractivity (Wildman–Crippen MR) is 131 cm³/mol. The lowest BCUT2D eigenvalue weighted by molar-refractivity contribution is 0.0819. The second-order valence-electron chi connectivity index (χ2n) is 9.13. The monoisotopic (exact) mass is 483 g/mol. The Hall–Kier alpha value is -3.46. The van der Waals surface area contributed by atoms with Crippen LogP contribution in [0.2, 0.25) is 5.02 Å². The van der Waals surface area contributed by atoms with E-state index in [9.17, 15) is 19.5 Å². The molecule has 0 aliphatic heterocycles. The van der Waals surface area contributed by atoms with Crippen LogP contribution in [0.4, 0.5) is 17.1 Å². The molecule has 0 radical (unpaired) electrons. The van der Waals surface area contributed by atoms with E-state index in [1.54, 1.807) is 18.3 Å². The molecule has 4 rings (SSSR count). The lowest BCUT2D eigenvalue weighted by atomic mass is 9.78. The zero-order valence-corrected chi connectivity index (χ0v) is 19.9. The highest BCUT2D eigenvalue weighted by Crippen LogP contribution is 2.48. The number of aromatic nitrogens is 2. The van der Waals surface area contributed by atoms with E-state index < -0.39 is 22.5 Å². The maximum atomic E-state index is 12.6. The molecule has 9 nitrogen and oxygen atoms in total. The smallest absolute Gasteiger partial charge is 0.275 e. The Kier molecular flexibility index (Phi) is 6.31. The molecular formula is C24H26ClN5O4. The van der Waals surface area contributed by atoms with Gasteiger partial charge < -0.3 is 20.6 Å². The molecule has 1 saturated carbocycles. The van der Waals surface area contributed by atoms with Crippen LogP contribution in [0.15, 0.2) is 40.2 Å². The van der Waals surface area contributed by atoms with Crippen molar-refractivity contribution < 1.29 is 9.90 Å². The average molecular weight is 484 g/mol. The highest BCUT2D eigenvalue weighted by atomic mass is 35.5. The normalized spacial score (nSPS) is 15.8. The van der Waals surface area contributed by atoms with Gasteiger partial charge >= 0.3 is 0 Å². The molecule has 0 spiro atoms. The molecule has 0 saturated heterocycles. The Labute approximate surface area is 201 Å². The largest absolute Gasteiger partial charge is 0.504 e. The quantitative estimate of drug-likeness (QED) is 0.435. The van der Waals surface area contributed by atoms with Crippen molar-refractivity contribution in [1.82, 2.24) is 14.9 Å². The molecule has 3 N–H and O–H groups in total. The summed E-state index contributed by atoms with van der Waals surface area (Å²) in [7, 11) is 3.08. The Morgan fingerprint density at radius 1 is 1.12 bits per heavy atom. The number of hydrogen-bond acceptors (Lipinski definition) is 8. The molecule has 178 valence electrons.